The smallest absolute Gasteiger partial charge is 0.0880 e. The van der Waals surface area contributed by atoms with Crippen LogP contribution in [0.1, 0.15) is 18.2 Å². The zero-order valence-corrected chi connectivity index (χ0v) is 12.8. The van der Waals surface area contributed by atoms with E-state index in [2.05, 4.69) is 49.2 Å². The minimum absolute atomic E-state index is 0.884. The van der Waals surface area contributed by atoms with Crippen molar-refractivity contribution in [2.75, 3.05) is 5.43 Å². The first-order chi connectivity index (χ1) is 8.10. The number of anilines is 1. The lowest BCUT2D eigenvalue weighted by Gasteiger charge is -2.15. The summed E-state index contributed by atoms with van der Waals surface area (Å²) in [5.74, 6) is 5.65. The topological polar surface area (TPSA) is 50.9 Å². The number of aromatic nitrogens is 1. The van der Waals surface area contributed by atoms with Gasteiger partial charge in [-0.3, -0.25) is 10.8 Å². The molecule has 0 aliphatic rings. The number of pyridine rings is 1. The fourth-order valence-electron chi connectivity index (χ4n) is 1.96. The summed E-state index contributed by atoms with van der Waals surface area (Å²) in [4.78, 5) is 4.69. The maximum Gasteiger partial charge on any atom is 0.0880 e. The van der Waals surface area contributed by atoms with Gasteiger partial charge in [0.2, 0.25) is 0 Å². The average molecular weight is 359 g/mol. The molecule has 0 amide bonds. The molecule has 0 spiro atoms. The van der Waals surface area contributed by atoms with Gasteiger partial charge in [-0.1, -0.05) is 22.9 Å². The van der Waals surface area contributed by atoms with Crippen molar-refractivity contribution in [3.63, 3.8) is 0 Å². The van der Waals surface area contributed by atoms with Crippen LogP contribution in [0.25, 0.3) is 10.9 Å². The van der Waals surface area contributed by atoms with Crippen molar-refractivity contribution in [1.82, 2.24) is 4.98 Å². The summed E-state index contributed by atoms with van der Waals surface area (Å²) in [6.07, 6.45) is 0.884. The van der Waals surface area contributed by atoms with Crippen LogP contribution in [0.2, 0.25) is 0 Å². The molecule has 0 saturated carbocycles. The highest BCUT2D eigenvalue weighted by molar-refractivity contribution is 9.11. The summed E-state index contributed by atoms with van der Waals surface area (Å²) in [5.41, 5.74) is 6.80. The average Bonchev–Trinajstić information content (AvgIpc) is 2.33. The molecule has 1 aromatic carbocycles. The number of nitrogen functional groups attached to an aromatic ring is 1. The van der Waals surface area contributed by atoms with Gasteiger partial charge in [0.25, 0.3) is 0 Å². The van der Waals surface area contributed by atoms with Crippen molar-refractivity contribution < 1.29 is 0 Å². The number of fused-ring (bicyclic) bond motifs is 1. The van der Waals surface area contributed by atoms with E-state index >= 15 is 0 Å². The van der Waals surface area contributed by atoms with E-state index in [1.165, 1.54) is 0 Å². The third-order valence-corrected chi connectivity index (χ3v) is 4.16. The Labute approximate surface area is 117 Å². The molecule has 0 unspecified atom stereocenters. The van der Waals surface area contributed by atoms with Crippen LogP contribution in [0.5, 0.6) is 0 Å². The van der Waals surface area contributed by atoms with Crippen LogP contribution in [0, 0.1) is 6.92 Å². The van der Waals surface area contributed by atoms with Crippen LogP contribution >= 0.6 is 31.9 Å². The minimum atomic E-state index is 0.884. The Morgan fingerprint density at radius 3 is 2.53 bits per heavy atom. The molecule has 0 fully saturated rings. The predicted molar refractivity (Wildman–Crippen MR) is 79.1 cm³/mol. The monoisotopic (exact) mass is 357 g/mol. The number of rotatable bonds is 2. The molecule has 1 heterocycles. The third-order valence-electron chi connectivity index (χ3n) is 2.86. The number of nitrogens with zero attached hydrogens (tertiary/aromatic N) is 1. The normalized spacial score (nSPS) is 10.9. The van der Waals surface area contributed by atoms with Gasteiger partial charge in [-0.2, -0.15) is 0 Å². The summed E-state index contributed by atoms with van der Waals surface area (Å²) in [6.45, 7) is 4.13. The number of hydrogen-bond donors (Lipinski definition) is 2. The number of aryl methyl sites for hydroxylation is 1. The number of hydrazine groups is 1. The van der Waals surface area contributed by atoms with Gasteiger partial charge in [0, 0.05) is 20.0 Å². The number of halogens is 2. The minimum Gasteiger partial charge on any atom is -0.323 e. The van der Waals surface area contributed by atoms with E-state index in [4.69, 9.17) is 5.84 Å². The molecular formula is C12H13Br2N3. The standard InChI is InChI=1S/C12H13Br2N3/c1-3-9-6(2)11(17-15)10-7(13)4-5-8(14)12(10)16-9/h4-5H,3,15H2,1-2H3,(H,16,17). The summed E-state index contributed by atoms with van der Waals surface area (Å²) in [7, 11) is 0. The maximum atomic E-state index is 5.65. The van der Waals surface area contributed by atoms with Crippen LogP contribution in [0.4, 0.5) is 5.69 Å². The highest BCUT2D eigenvalue weighted by Gasteiger charge is 2.14. The highest BCUT2D eigenvalue weighted by atomic mass is 79.9. The van der Waals surface area contributed by atoms with Crippen LogP contribution in [-0.2, 0) is 6.42 Å². The zero-order chi connectivity index (χ0) is 12.6. The van der Waals surface area contributed by atoms with E-state index in [0.29, 0.717) is 0 Å². The van der Waals surface area contributed by atoms with Crippen molar-refractivity contribution in [3.8, 4) is 0 Å². The molecule has 2 aromatic rings. The Hall–Kier alpha value is -0.650. The van der Waals surface area contributed by atoms with Crippen LogP contribution in [0.3, 0.4) is 0 Å². The number of nitrogens with one attached hydrogen (secondary N) is 1. The Morgan fingerprint density at radius 1 is 1.29 bits per heavy atom. The molecule has 0 aliphatic carbocycles. The Kier molecular flexibility index (Phi) is 3.70. The van der Waals surface area contributed by atoms with E-state index < -0.39 is 0 Å². The molecule has 17 heavy (non-hydrogen) atoms. The molecule has 0 bridgehead atoms. The Morgan fingerprint density at radius 2 is 1.94 bits per heavy atom. The van der Waals surface area contributed by atoms with Gasteiger partial charge in [0.05, 0.1) is 11.2 Å². The van der Waals surface area contributed by atoms with E-state index in [1.807, 2.05) is 19.1 Å². The number of benzene rings is 1. The molecule has 0 atom stereocenters. The summed E-state index contributed by atoms with van der Waals surface area (Å²) < 4.78 is 1.96. The van der Waals surface area contributed by atoms with Gasteiger partial charge >= 0.3 is 0 Å². The molecule has 0 radical (unpaired) electrons. The van der Waals surface area contributed by atoms with E-state index in [9.17, 15) is 0 Å². The Balaban J connectivity index is 2.97. The SMILES string of the molecule is CCc1nc2c(Br)ccc(Br)c2c(NN)c1C. The van der Waals surface area contributed by atoms with Gasteiger partial charge in [-0.25, -0.2) is 0 Å². The Bertz CT molecular complexity index is 582. The fourth-order valence-corrected chi connectivity index (χ4v) is 2.90. The predicted octanol–water partition coefficient (Wildman–Crippen LogP) is 3.92. The molecule has 90 valence electrons. The lowest BCUT2D eigenvalue weighted by molar-refractivity contribution is 1.03. The quantitative estimate of drug-likeness (QED) is 0.632. The molecule has 1 aromatic heterocycles. The van der Waals surface area contributed by atoms with Crippen molar-refractivity contribution >= 4 is 48.5 Å². The maximum absolute atomic E-state index is 5.65. The van der Waals surface area contributed by atoms with Crippen LogP contribution in [0.15, 0.2) is 21.1 Å². The van der Waals surface area contributed by atoms with E-state index in [-0.39, 0.29) is 0 Å². The van der Waals surface area contributed by atoms with Crippen molar-refractivity contribution in [2.45, 2.75) is 20.3 Å². The molecular weight excluding hydrogens is 346 g/mol. The zero-order valence-electron chi connectivity index (χ0n) is 9.64. The van der Waals surface area contributed by atoms with Gasteiger partial charge in [-0.15, -0.1) is 0 Å². The highest BCUT2D eigenvalue weighted by Crippen LogP contribution is 2.36. The second-order valence-electron chi connectivity index (χ2n) is 3.81. The molecule has 0 saturated heterocycles. The largest absolute Gasteiger partial charge is 0.323 e. The number of nitrogens with two attached hydrogens (primary N) is 1. The lowest BCUT2D eigenvalue weighted by atomic mass is 10.1. The number of hydrogen-bond acceptors (Lipinski definition) is 3. The van der Waals surface area contributed by atoms with Crippen LogP contribution < -0.4 is 11.3 Å². The summed E-state index contributed by atoms with van der Waals surface area (Å²) >= 11 is 7.08. The second-order valence-corrected chi connectivity index (χ2v) is 5.52. The van der Waals surface area contributed by atoms with Crippen molar-refractivity contribution in [1.29, 1.82) is 0 Å². The molecule has 3 nitrogen and oxygen atoms in total. The fraction of sp³-hybridized carbons (Fsp3) is 0.250. The summed E-state index contributed by atoms with van der Waals surface area (Å²) in [6, 6.07) is 3.97. The van der Waals surface area contributed by atoms with Crippen molar-refractivity contribution in [3.05, 3.63) is 32.3 Å². The molecule has 0 aliphatic heterocycles. The lowest BCUT2D eigenvalue weighted by Crippen LogP contribution is -2.11. The first-order valence-electron chi connectivity index (χ1n) is 5.34. The van der Waals surface area contributed by atoms with Crippen LogP contribution in [-0.4, -0.2) is 4.98 Å². The molecule has 5 heteroatoms. The van der Waals surface area contributed by atoms with Gasteiger partial charge in [0.1, 0.15) is 0 Å². The van der Waals surface area contributed by atoms with Gasteiger partial charge < -0.3 is 5.43 Å². The van der Waals surface area contributed by atoms with Gasteiger partial charge in [-0.05, 0) is 47.0 Å². The third kappa shape index (κ3) is 2.07. The molecule has 2 rings (SSSR count). The van der Waals surface area contributed by atoms with Gasteiger partial charge in [0.15, 0.2) is 0 Å². The van der Waals surface area contributed by atoms with E-state index in [0.717, 1.165) is 43.2 Å². The second kappa shape index (κ2) is 4.92. The first kappa shape index (κ1) is 12.8. The van der Waals surface area contributed by atoms with Crippen molar-refractivity contribution in [2.24, 2.45) is 5.84 Å². The molecule has 3 N–H and O–H groups in total. The summed E-state index contributed by atoms with van der Waals surface area (Å²) in [5, 5.41) is 1.01. The van der Waals surface area contributed by atoms with E-state index in [1.54, 1.807) is 0 Å². The first-order valence-corrected chi connectivity index (χ1v) is 6.92.